The van der Waals surface area contributed by atoms with Gasteiger partial charge >= 0.3 is 0 Å². The van der Waals surface area contributed by atoms with Gasteiger partial charge in [0.15, 0.2) is 0 Å². The molecule has 2 rings (SSSR count). The Labute approximate surface area is 92.0 Å². The number of carbonyl (C=O) groups is 1. The number of amides is 1. The minimum atomic E-state index is 0.0913. The lowest BCUT2D eigenvalue weighted by Gasteiger charge is -2.22. The van der Waals surface area contributed by atoms with Crippen molar-refractivity contribution in [2.24, 2.45) is 5.92 Å². The highest BCUT2D eigenvalue weighted by Crippen LogP contribution is 2.22. The van der Waals surface area contributed by atoms with Crippen molar-refractivity contribution in [3.05, 3.63) is 0 Å². The van der Waals surface area contributed by atoms with Gasteiger partial charge in [-0.2, -0.15) is 0 Å². The molecule has 1 heterocycles. The van der Waals surface area contributed by atoms with E-state index in [1.807, 2.05) is 0 Å². The average molecular weight is 210 g/mol. The van der Waals surface area contributed by atoms with Gasteiger partial charge in [-0.1, -0.05) is 19.3 Å². The van der Waals surface area contributed by atoms with E-state index in [0.717, 1.165) is 31.8 Å². The quantitative estimate of drug-likeness (QED) is 0.740. The van der Waals surface area contributed by atoms with Crippen molar-refractivity contribution in [3.63, 3.8) is 0 Å². The van der Waals surface area contributed by atoms with Gasteiger partial charge in [0.05, 0.1) is 6.04 Å². The highest BCUT2D eigenvalue weighted by Gasteiger charge is 2.22. The molecule has 3 heteroatoms. The summed E-state index contributed by atoms with van der Waals surface area (Å²) in [6, 6.07) is 0.0913. The van der Waals surface area contributed by atoms with Crippen LogP contribution < -0.4 is 10.6 Å². The number of carbonyl (C=O) groups excluding carboxylic acids is 1. The summed E-state index contributed by atoms with van der Waals surface area (Å²) in [5.41, 5.74) is 0. The predicted molar refractivity (Wildman–Crippen MR) is 60.6 cm³/mol. The minimum absolute atomic E-state index is 0.0913. The van der Waals surface area contributed by atoms with Crippen LogP contribution in [0.4, 0.5) is 0 Å². The summed E-state index contributed by atoms with van der Waals surface area (Å²) < 4.78 is 0. The van der Waals surface area contributed by atoms with Gasteiger partial charge in [0.2, 0.25) is 5.91 Å². The number of hydrogen-bond donors (Lipinski definition) is 2. The zero-order valence-electron chi connectivity index (χ0n) is 9.43. The maximum atomic E-state index is 11.7. The van der Waals surface area contributed by atoms with Crippen LogP contribution in [0.5, 0.6) is 0 Å². The first-order chi connectivity index (χ1) is 7.36. The Balaban J connectivity index is 1.65. The first-order valence-corrected chi connectivity index (χ1v) is 6.37. The SMILES string of the molecule is O=C(NCC1CCCCC1)C1CCCN1. The van der Waals surface area contributed by atoms with E-state index in [1.165, 1.54) is 32.1 Å². The van der Waals surface area contributed by atoms with Gasteiger partial charge in [0.25, 0.3) is 0 Å². The van der Waals surface area contributed by atoms with E-state index in [4.69, 9.17) is 0 Å². The fraction of sp³-hybridized carbons (Fsp3) is 0.917. The van der Waals surface area contributed by atoms with Gasteiger partial charge in [0, 0.05) is 6.54 Å². The van der Waals surface area contributed by atoms with Crippen LogP contribution in [0.2, 0.25) is 0 Å². The average Bonchev–Trinajstić information content (AvgIpc) is 2.81. The molecule has 2 fully saturated rings. The summed E-state index contributed by atoms with van der Waals surface area (Å²) in [5, 5.41) is 6.32. The monoisotopic (exact) mass is 210 g/mol. The van der Waals surface area contributed by atoms with Crippen molar-refractivity contribution in [1.29, 1.82) is 0 Å². The maximum Gasteiger partial charge on any atom is 0.237 e. The summed E-state index contributed by atoms with van der Waals surface area (Å²) >= 11 is 0. The minimum Gasteiger partial charge on any atom is -0.354 e. The highest BCUT2D eigenvalue weighted by atomic mass is 16.2. The zero-order valence-corrected chi connectivity index (χ0v) is 9.43. The Morgan fingerprint density at radius 2 is 1.93 bits per heavy atom. The van der Waals surface area contributed by atoms with Crippen molar-refractivity contribution in [2.75, 3.05) is 13.1 Å². The Hall–Kier alpha value is -0.570. The third-order valence-corrected chi connectivity index (χ3v) is 3.67. The maximum absolute atomic E-state index is 11.7. The Bertz CT molecular complexity index is 206. The molecule has 1 aliphatic carbocycles. The molecular formula is C12H22N2O. The highest BCUT2D eigenvalue weighted by molar-refractivity contribution is 5.81. The largest absolute Gasteiger partial charge is 0.354 e. The molecule has 3 nitrogen and oxygen atoms in total. The lowest BCUT2D eigenvalue weighted by molar-refractivity contribution is -0.123. The van der Waals surface area contributed by atoms with E-state index in [9.17, 15) is 4.79 Å². The summed E-state index contributed by atoms with van der Waals surface area (Å²) in [6.45, 7) is 1.90. The van der Waals surface area contributed by atoms with Crippen molar-refractivity contribution < 1.29 is 4.79 Å². The zero-order chi connectivity index (χ0) is 10.5. The molecular weight excluding hydrogens is 188 g/mol. The van der Waals surface area contributed by atoms with Gasteiger partial charge in [-0.05, 0) is 38.1 Å². The van der Waals surface area contributed by atoms with Crippen molar-refractivity contribution >= 4 is 5.91 Å². The second-order valence-electron chi connectivity index (χ2n) is 4.90. The van der Waals surface area contributed by atoms with Gasteiger partial charge in [-0.3, -0.25) is 4.79 Å². The summed E-state index contributed by atoms with van der Waals surface area (Å²) in [6.07, 6.45) is 8.84. The van der Waals surface area contributed by atoms with Crippen LogP contribution in [0.1, 0.15) is 44.9 Å². The molecule has 2 N–H and O–H groups in total. The number of nitrogens with one attached hydrogen (secondary N) is 2. The first kappa shape index (κ1) is 10.9. The van der Waals surface area contributed by atoms with Crippen LogP contribution >= 0.6 is 0 Å². The smallest absolute Gasteiger partial charge is 0.237 e. The molecule has 15 heavy (non-hydrogen) atoms. The second-order valence-corrected chi connectivity index (χ2v) is 4.90. The molecule has 0 aromatic carbocycles. The fourth-order valence-electron chi connectivity index (χ4n) is 2.67. The summed E-state index contributed by atoms with van der Waals surface area (Å²) in [7, 11) is 0. The van der Waals surface area contributed by atoms with Gasteiger partial charge in [0.1, 0.15) is 0 Å². The summed E-state index contributed by atoms with van der Waals surface area (Å²) in [4.78, 5) is 11.7. The standard InChI is InChI=1S/C12H22N2O/c15-12(11-7-4-8-13-11)14-9-10-5-2-1-3-6-10/h10-11,13H,1-9H2,(H,14,15). The van der Waals surface area contributed by atoms with Gasteiger partial charge in [-0.15, -0.1) is 0 Å². The van der Waals surface area contributed by atoms with E-state index in [-0.39, 0.29) is 11.9 Å². The molecule has 0 aromatic rings. The topological polar surface area (TPSA) is 41.1 Å². The molecule has 1 aliphatic heterocycles. The van der Waals surface area contributed by atoms with Crippen LogP contribution in [0.25, 0.3) is 0 Å². The van der Waals surface area contributed by atoms with E-state index in [2.05, 4.69) is 10.6 Å². The van der Waals surface area contributed by atoms with E-state index < -0.39 is 0 Å². The van der Waals surface area contributed by atoms with Crippen molar-refractivity contribution in [3.8, 4) is 0 Å². The molecule has 2 aliphatic rings. The normalized spacial score (nSPS) is 27.9. The first-order valence-electron chi connectivity index (χ1n) is 6.37. The molecule has 0 aromatic heterocycles. The molecule has 1 unspecified atom stereocenters. The molecule has 0 spiro atoms. The summed E-state index contributed by atoms with van der Waals surface area (Å²) in [5.74, 6) is 0.960. The lowest BCUT2D eigenvalue weighted by atomic mass is 9.89. The van der Waals surface area contributed by atoms with Crippen LogP contribution in [-0.2, 0) is 4.79 Å². The number of rotatable bonds is 3. The Morgan fingerprint density at radius 1 is 1.13 bits per heavy atom. The van der Waals surface area contributed by atoms with Gasteiger partial charge in [-0.25, -0.2) is 0 Å². The van der Waals surface area contributed by atoms with Crippen LogP contribution in [0.15, 0.2) is 0 Å². The molecule has 1 saturated heterocycles. The molecule has 1 saturated carbocycles. The predicted octanol–water partition coefficient (Wildman–Crippen LogP) is 1.43. The molecule has 86 valence electrons. The Morgan fingerprint density at radius 3 is 2.60 bits per heavy atom. The molecule has 0 bridgehead atoms. The number of hydrogen-bond acceptors (Lipinski definition) is 2. The fourth-order valence-corrected chi connectivity index (χ4v) is 2.67. The van der Waals surface area contributed by atoms with Gasteiger partial charge < -0.3 is 10.6 Å². The molecule has 1 amide bonds. The molecule has 1 atom stereocenters. The van der Waals surface area contributed by atoms with Crippen molar-refractivity contribution in [1.82, 2.24) is 10.6 Å². The van der Waals surface area contributed by atoms with Crippen LogP contribution in [0.3, 0.4) is 0 Å². The Kier molecular flexibility index (Phi) is 4.01. The lowest BCUT2D eigenvalue weighted by Crippen LogP contribution is -2.42. The van der Waals surface area contributed by atoms with E-state index in [0.29, 0.717) is 0 Å². The third-order valence-electron chi connectivity index (χ3n) is 3.67. The van der Waals surface area contributed by atoms with Crippen LogP contribution in [-0.4, -0.2) is 25.0 Å². The molecule has 0 radical (unpaired) electrons. The van der Waals surface area contributed by atoms with E-state index in [1.54, 1.807) is 0 Å². The van der Waals surface area contributed by atoms with E-state index >= 15 is 0 Å². The van der Waals surface area contributed by atoms with Crippen LogP contribution in [0, 0.1) is 5.92 Å². The second kappa shape index (κ2) is 5.50. The third kappa shape index (κ3) is 3.20. The van der Waals surface area contributed by atoms with Crippen molar-refractivity contribution in [2.45, 2.75) is 51.0 Å².